The summed E-state index contributed by atoms with van der Waals surface area (Å²) in [4.78, 5) is 6.91. The Labute approximate surface area is 178 Å². The van der Waals surface area contributed by atoms with Crippen LogP contribution < -0.4 is 10.6 Å². The second-order valence-corrected chi connectivity index (χ2v) is 7.30. The Morgan fingerprint density at radius 3 is 2.46 bits per heavy atom. The van der Waals surface area contributed by atoms with E-state index < -0.39 is 0 Å². The number of thiophene rings is 1. The van der Waals surface area contributed by atoms with E-state index in [1.807, 2.05) is 7.05 Å². The lowest BCUT2D eigenvalue weighted by Gasteiger charge is -2.27. The van der Waals surface area contributed by atoms with E-state index in [-0.39, 0.29) is 24.0 Å². The predicted molar refractivity (Wildman–Crippen MR) is 122 cm³/mol. The van der Waals surface area contributed by atoms with Crippen molar-refractivity contribution in [2.75, 3.05) is 20.1 Å². The van der Waals surface area contributed by atoms with E-state index in [4.69, 9.17) is 0 Å². The van der Waals surface area contributed by atoms with Crippen molar-refractivity contribution < 1.29 is 0 Å². The molecule has 0 saturated carbocycles. The Hall–Kier alpha value is -1.12. The summed E-state index contributed by atoms with van der Waals surface area (Å²) in [5.74, 6) is 0.846. The van der Waals surface area contributed by atoms with Gasteiger partial charge < -0.3 is 10.6 Å². The number of rotatable bonds is 6. The number of guanidine groups is 1. The van der Waals surface area contributed by atoms with E-state index in [2.05, 4.69) is 61.6 Å². The van der Waals surface area contributed by atoms with Gasteiger partial charge in [-0.3, -0.25) is 9.89 Å². The third-order valence-corrected chi connectivity index (χ3v) is 5.40. The molecule has 0 unspecified atom stereocenters. The summed E-state index contributed by atoms with van der Waals surface area (Å²) in [5, 5.41) is 11.1. The van der Waals surface area contributed by atoms with Crippen LogP contribution in [0, 0.1) is 0 Å². The minimum atomic E-state index is 0. The molecular weight excluding hydrogens is 455 g/mol. The molecule has 1 fully saturated rings. The van der Waals surface area contributed by atoms with E-state index in [0.717, 1.165) is 25.6 Å². The van der Waals surface area contributed by atoms with Crippen LogP contribution in [-0.4, -0.2) is 31.0 Å². The smallest absolute Gasteiger partial charge is 0.191 e. The molecule has 0 aliphatic carbocycles. The van der Waals surface area contributed by atoms with Crippen molar-refractivity contribution in [3.05, 3.63) is 57.8 Å². The molecule has 0 radical (unpaired) electrons. The molecule has 26 heavy (non-hydrogen) atoms. The fraction of sp³-hybridized carbons (Fsp3) is 0.450. The van der Waals surface area contributed by atoms with Crippen molar-refractivity contribution in [2.45, 2.75) is 38.9 Å². The van der Waals surface area contributed by atoms with Gasteiger partial charge in [-0.05, 0) is 59.4 Å². The highest BCUT2D eigenvalue weighted by molar-refractivity contribution is 14.0. The van der Waals surface area contributed by atoms with Crippen molar-refractivity contribution in [1.29, 1.82) is 0 Å². The second kappa shape index (κ2) is 11.6. The number of halogens is 1. The summed E-state index contributed by atoms with van der Waals surface area (Å²) < 4.78 is 0. The van der Waals surface area contributed by atoms with Crippen molar-refractivity contribution in [2.24, 2.45) is 4.99 Å². The molecule has 1 aliphatic rings. The van der Waals surface area contributed by atoms with Crippen molar-refractivity contribution in [3.8, 4) is 0 Å². The largest absolute Gasteiger partial charge is 0.352 e. The van der Waals surface area contributed by atoms with Crippen LogP contribution in [0.3, 0.4) is 0 Å². The summed E-state index contributed by atoms with van der Waals surface area (Å²) in [6, 6.07) is 10.9. The van der Waals surface area contributed by atoms with E-state index in [0.29, 0.717) is 0 Å². The Morgan fingerprint density at radius 2 is 1.77 bits per heavy atom. The van der Waals surface area contributed by atoms with Gasteiger partial charge in [0.1, 0.15) is 0 Å². The van der Waals surface area contributed by atoms with Gasteiger partial charge in [-0.15, -0.1) is 24.0 Å². The van der Waals surface area contributed by atoms with E-state index in [1.165, 1.54) is 49.0 Å². The molecule has 0 bridgehead atoms. The summed E-state index contributed by atoms with van der Waals surface area (Å²) in [5.41, 5.74) is 4.06. The molecule has 1 aromatic carbocycles. The number of benzene rings is 1. The number of nitrogens with zero attached hydrogens (tertiary/aromatic N) is 2. The Morgan fingerprint density at radius 1 is 1.04 bits per heavy atom. The molecule has 0 spiro atoms. The molecule has 1 saturated heterocycles. The predicted octanol–water partition coefficient (Wildman–Crippen LogP) is 4.22. The van der Waals surface area contributed by atoms with Crippen LogP contribution >= 0.6 is 35.3 Å². The van der Waals surface area contributed by atoms with Crippen LogP contribution in [0.15, 0.2) is 46.1 Å². The minimum absolute atomic E-state index is 0. The van der Waals surface area contributed by atoms with Gasteiger partial charge in [0.2, 0.25) is 0 Å². The zero-order valence-corrected chi connectivity index (χ0v) is 18.6. The molecule has 4 nitrogen and oxygen atoms in total. The maximum atomic E-state index is 4.34. The molecular formula is C20H29IN4S. The first-order valence-corrected chi connectivity index (χ1v) is 10.0. The first-order chi connectivity index (χ1) is 12.3. The van der Waals surface area contributed by atoms with Gasteiger partial charge >= 0.3 is 0 Å². The Kier molecular flexibility index (Phi) is 9.42. The van der Waals surface area contributed by atoms with Crippen molar-refractivity contribution in [3.63, 3.8) is 0 Å². The highest BCUT2D eigenvalue weighted by Gasteiger charge is 2.12. The van der Waals surface area contributed by atoms with E-state index >= 15 is 0 Å². The number of nitrogens with one attached hydrogen (secondary N) is 2. The van der Waals surface area contributed by atoms with Crippen LogP contribution in [0.1, 0.15) is 36.0 Å². The van der Waals surface area contributed by atoms with E-state index in [1.54, 1.807) is 11.3 Å². The molecule has 1 aliphatic heterocycles. The van der Waals surface area contributed by atoms with Gasteiger partial charge in [-0.1, -0.05) is 30.7 Å². The lowest BCUT2D eigenvalue weighted by molar-refractivity contribution is 0.220. The maximum absolute atomic E-state index is 4.34. The second-order valence-electron chi connectivity index (χ2n) is 6.52. The quantitative estimate of drug-likeness (QED) is 0.367. The van der Waals surface area contributed by atoms with Crippen LogP contribution in [0.5, 0.6) is 0 Å². The van der Waals surface area contributed by atoms with Gasteiger partial charge in [-0.25, -0.2) is 0 Å². The topological polar surface area (TPSA) is 39.7 Å². The molecule has 0 atom stereocenters. The van der Waals surface area contributed by atoms with Gasteiger partial charge in [0.25, 0.3) is 0 Å². The van der Waals surface area contributed by atoms with Crippen LogP contribution in [0.2, 0.25) is 0 Å². The minimum Gasteiger partial charge on any atom is -0.352 e. The first-order valence-electron chi connectivity index (χ1n) is 9.10. The van der Waals surface area contributed by atoms with Crippen LogP contribution in [0.25, 0.3) is 0 Å². The van der Waals surface area contributed by atoms with Crippen molar-refractivity contribution in [1.82, 2.24) is 15.5 Å². The third kappa shape index (κ3) is 6.55. The monoisotopic (exact) mass is 484 g/mol. The highest BCUT2D eigenvalue weighted by Crippen LogP contribution is 2.16. The molecule has 3 rings (SSSR count). The van der Waals surface area contributed by atoms with Gasteiger partial charge in [0.05, 0.1) is 0 Å². The Bertz CT molecular complexity index is 666. The summed E-state index contributed by atoms with van der Waals surface area (Å²) in [6.07, 6.45) is 4.05. The summed E-state index contributed by atoms with van der Waals surface area (Å²) in [7, 11) is 1.82. The number of aliphatic imine (C=N–C) groups is 1. The number of piperidine rings is 1. The molecule has 0 amide bonds. The average molecular weight is 484 g/mol. The normalized spacial score (nSPS) is 15.3. The number of likely N-dealkylation sites (tertiary alicyclic amines) is 1. The zero-order chi connectivity index (χ0) is 17.3. The Balaban J connectivity index is 0.00000243. The van der Waals surface area contributed by atoms with Gasteiger partial charge in [0, 0.05) is 26.7 Å². The van der Waals surface area contributed by atoms with Crippen molar-refractivity contribution >= 4 is 41.3 Å². The first kappa shape index (κ1) is 21.2. The highest BCUT2D eigenvalue weighted by atomic mass is 127. The SMILES string of the molecule is CN=C(NCc1ccsc1)NCc1ccccc1CN1CCCCC1.I. The third-order valence-electron chi connectivity index (χ3n) is 4.67. The van der Waals surface area contributed by atoms with E-state index in [9.17, 15) is 0 Å². The summed E-state index contributed by atoms with van der Waals surface area (Å²) in [6.45, 7) is 5.11. The van der Waals surface area contributed by atoms with Crippen LogP contribution in [0.4, 0.5) is 0 Å². The fourth-order valence-corrected chi connectivity index (χ4v) is 3.89. The molecule has 2 aromatic rings. The van der Waals surface area contributed by atoms with Gasteiger partial charge in [0.15, 0.2) is 5.96 Å². The number of hydrogen-bond donors (Lipinski definition) is 2. The molecule has 2 heterocycles. The standard InChI is InChI=1S/C20H28N4S.HI/c1-21-20(22-13-17-9-12-25-16-17)23-14-18-7-3-4-8-19(18)15-24-10-5-2-6-11-24;/h3-4,7-9,12,16H,2,5-6,10-11,13-15H2,1H3,(H2,21,22,23);1H. The maximum Gasteiger partial charge on any atom is 0.191 e. The summed E-state index contributed by atoms with van der Waals surface area (Å²) >= 11 is 1.72. The average Bonchev–Trinajstić information content (AvgIpc) is 3.17. The fourth-order valence-electron chi connectivity index (χ4n) is 3.22. The molecule has 6 heteroatoms. The lowest BCUT2D eigenvalue weighted by atomic mass is 10.0. The zero-order valence-electron chi connectivity index (χ0n) is 15.4. The number of hydrogen-bond acceptors (Lipinski definition) is 3. The molecule has 1 aromatic heterocycles. The molecule has 2 N–H and O–H groups in total. The van der Waals surface area contributed by atoms with Gasteiger partial charge in [-0.2, -0.15) is 11.3 Å². The van der Waals surface area contributed by atoms with Crippen LogP contribution in [-0.2, 0) is 19.6 Å². The lowest BCUT2D eigenvalue weighted by Crippen LogP contribution is -2.36. The molecule has 142 valence electrons.